The van der Waals surface area contributed by atoms with E-state index >= 15 is 0 Å². The smallest absolute Gasteiger partial charge is 0.328 e. The number of benzene rings is 1. The Morgan fingerprint density at radius 3 is 2.77 bits per heavy atom. The number of hydrogen-bond donors (Lipinski definition) is 1. The van der Waals surface area contributed by atoms with Crippen LogP contribution in [0.2, 0.25) is 0 Å². The minimum Gasteiger partial charge on any atom is -0.497 e. The van der Waals surface area contributed by atoms with E-state index in [1.54, 1.807) is 18.7 Å². The molecule has 160 valence electrons. The van der Waals surface area contributed by atoms with Crippen LogP contribution in [0.4, 0.5) is 5.82 Å². The molecule has 0 saturated heterocycles. The highest BCUT2D eigenvalue weighted by molar-refractivity contribution is 5.92. The molecule has 0 bridgehead atoms. The average Bonchev–Trinajstić information content (AvgIpc) is 3.04. The maximum absolute atomic E-state index is 12.8. The van der Waals surface area contributed by atoms with E-state index < -0.39 is 0 Å². The van der Waals surface area contributed by atoms with Gasteiger partial charge in [-0.3, -0.25) is 13.9 Å². The summed E-state index contributed by atoms with van der Waals surface area (Å²) in [4.78, 5) is 33.2. The average molecular weight is 420 g/mol. The number of ether oxygens (including phenoxy) is 1. The number of rotatable bonds is 5. The first kappa shape index (κ1) is 20.6. The summed E-state index contributed by atoms with van der Waals surface area (Å²) in [6.45, 7) is 0.613. The molecule has 1 aliphatic carbocycles. The molecule has 0 unspecified atom stereocenters. The summed E-state index contributed by atoms with van der Waals surface area (Å²) in [6, 6.07) is 7.63. The second-order valence-electron chi connectivity index (χ2n) is 7.91. The highest BCUT2D eigenvalue weighted by atomic mass is 16.5. The van der Waals surface area contributed by atoms with E-state index in [0.29, 0.717) is 18.2 Å². The van der Waals surface area contributed by atoms with Gasteiger partial charge < -0.3 is 10.1 Å². The topological polar surface area (TPSA) is 115 Å². The van der Waals surface area contributed by atoms with E-state index in [9.17, 15) is 9.59 Å². The number of aromatic nitrogens is 4. The van der Waals surface area contributed by atoms with Crippen LogP contribution < -0.4 is 15.7 Å². The Labute approximate surface area is 179 Å². The van der Waals surface area contributed by atoms with Crippen molar-refractivity contribution in [2.24, 2.45) is 18.9 Å². The first-order valence-corrected chi connectivity index (χ1v) is 10.3. The summed E-state index contributed by atoms with van der Waals surface area (Å²) < 4.78 is 8.79. The van der Waals surface area contributed by atoms with Gasteiger partial charge in [0.15, 0.2) is 5.82 Å². The minimum atomic E-state index is -0.137. The van der Waals surface area contributed by atoms with Gasteiger partial charge >= 0.3 is 5.69 Å². The molecule has 4 rings (SSSR count). The number of hydrogen-bond acceptors (Lipinski definition) is 6. The van der Waals surface area contributed by atoms with Gasteiger partial charge in [0.25, 0.3) is 0 Å². The molecular weight excluding hydrogens is 396 g/mol. The number of nitriles is 1. The molecule has 1 aromatic carbocycles. The molecule has 31 heavy (non-hydrogen) atoms. The van der Waals surface area contributed by atoms with Crippen LogP contribution in [0.5, 0.6) is 5.75 Å². The minimum absolute atomic E-state index is 0.0455. The van der Waals surface area contributed by atoms with Crippen LogP contribution in [-0.4, -0.2) is 32.1 Å². The van der Waals surface area contributed by atoms with Crippen molar-refractivity contribution < 1.29 is 9.53 Å². The Bertz CT molecular complexity index is 1210. The van der Waals surface area contributed by atoms with E-state index in [2.05, 4.69) is 15.3 Å². The third kappa shape index (κ3) is 4.01. The first-order valence-electron chi connectivity index (χ1n) is 10.3. The zero-order chi connectivity index (χ0) is 22.0. The van der Waals surface area contributed by atoms with Crippen LogP contribution >= 0.6 is 0 Å². The van der Waals surface area contributed by atoms with E-state index in [0.717, 1.165) is 36.7 Å². The normalized spacial score (nSPS) is 18.5. The van der Waals surface area contributed by atoms with Crippen molar-refractivity contribution in [3.63, 3.8) is 0 Å². The number of amides is 1. The molecule has 0 aliphatic heterocycles. The second kappa shape index (κ2) is 8.60. The molecule has 0 spiro atoms. The molecule has 2 aromatic heterocycles. The number of nitrogens with one attached hydrogen (secondary N) is 1. The SMILES string of the molecule is COc1ccc2c(c1)n(CC1CCC(C(=O)Nc3ncncc3C#N)CC1)c(=O)n2C. The standard InChI is InChI=1S/C22H24N6O3/c1-27-18-8-7-17(31-2)9-19(18)28(22(27)30)12-14-3-5-15(6-4-14)21(29)26-20-16(10-23)11-24-13-25-20/h7-9,11,13-15H,3-6,12H2,1-2H3,(H,24,25,26,29). The predicted molar refractivity (Wildman–Crippen MR) is 115 cm³/mol. The van der Waals surface area contributed by atoms with Crippen LogP contribution in [-0.2, 0) is 18.4 Å². The largest absolute Gasteiger partial charge is 0.497 e. The van der Waals surface area contributed by atoms with Crippen LogP contribution in [0.3, 0.4) is 0 Å². The Morgan fingerprint density at radius 2 is 2.06 bits per heavy atom. The maximum Gasteiger partial charge on any atom is 0.328 e. The molecule has 1 saturated carbocycles. The zero-order valence-electron chi connectivity index (χ0n) is 17.5. The van der Waals surface area contributed by atoms with Crippen molar-refractivity contribution in [1.82, 2.24) is 19.1 Å². The lowest BCUT2D eigenvalue weighted by Crippen LogP contribution is -2.31. The van der Waals surface area contributed by atoms with Crippen molar-refractivity contribution in [2.75, 3.05) is 12.4 Å². The molecule has 0 radical (unpaired) electrons. The Balaban J connectivity index is 1.43. The van der Waals surface area contributed by atoms with Crippen molar-refractivity contribution in [3.05, 3.63) is 46.8 Å². The van der Waals surface area contributed by atoms with Gasteiger partial charge in [0.2, 0.25) is 5.91 Å². The van der Waals surface area contributed by atoms with Gasteiger partial charge in [-0.2, -0.15) is 5.26 Å². The third-order valence-corrected chi connectivity index (χ3v) is 6.09. The van der Waals surface area contributed by atoms with Crippen LogP contribution in [0.25, 0.3) is 11.0 Å². The fourth-order valence-corrected chi connectivity index (χ4v) is 4.29. The number of fused-ring (bicyclic) bond motifs is 1. The Morgan fingerprint density at radius 1 is 1.29 bits per heavy atom. The number of carbonyl (C=O) groups is 1. The summed E-state index contributed by atoms with van der Waals surface area (Å²) in [7, 11) is 3.39. The monoisotopic (exact) mass is 420 g/mol. The van der Waals surface area contributed by atoms with Gasteiger partial charge in [-0.15, -0.1) is 0 Å². The summed E-state index contributed by atoms with van der Waals surface area (Å²) >= 11 is 0. The molecule has 1 fully saturated rings. The second-order valence-corrected chi connectivity index (χ2v) is 7.91. The van der Waals surface area contributed by atoms with Gasteiger partial charge in [0.05, 0.1) is 24.3 Å². The van der Waals surface area contributed by atoms with Crippen molar-refractivity contribution in [3.8, 4) is 11.8 Å². The number of nitrogens with zero attached hydrogens (tertiary/aromatic N) is 5. The van der Waals surface area contributed by atoms with Gasteiger partial charge in [0, 0.05) is 25.6 Å². The summed E-state index contributed by atoms with van der Waals surface area (Å²) in [5.41, 5.74) is 1.93. The lowest BCUT2D eigenvalue weighted by Gasteiger charge is -2.28. The number of carbonyl (C=O) groups excluding carboxylic acids is 1. The third-order valence-electron chi connectivity index (χ3n) is 6.09. The maximum atomic E-state index is 12.8. The molecule has 1 amide bonds. The lowest BCUT2D eigenvalue weighted by atomic mass is 9.81. The summed E-state index contributed by atoms with van der Waals surface area (Å²) in [5, 5.41) is 11.9. The van der Waals surface area contributed by atoms with Crippen LogP contribution in [0.1, 0.15) is 31.2 Å². The highest BCUT2D eigenvalue weighted by Gasteiger charge is 2.28. The number of imidazole rings is 1. The summed E-state index contributed by atoms with van der Waals surface area (Å²) in [6.07, 6.45) is 5.85. The zero-order valence-corrected chi connectivity index (χ0v) is 17.5. The molecule has 3 aromatic rings. The fraction of sp³-hybridized carbons (Fsp3) is 0.409. The number of methoxy groups -OCH3 is 1. The Kier molecular flexibility index (Phi) is 5.71. The molecule has 2 heterocycles. The summed E-state index contributed by atoms with van der Waals surface area (Å²) in [5.74, 6) is 1.02. The Hall–Kier alpha value is -3.67. The van der Waals surface area contributed by atoms with E-state index in [4.69, 9.17) is 10.00 Å². The molecule has 1 aliphatic rings. The predicted octanol–water partition coefficient (Wildman–Crippen LogP) is 2.46. The molecule has 1 N–H and O–H groups in total. The first-order chi connectivity index (χ1) is 15.0. The van der Waals surface area contributed by atoms with E-state index in [-0.39, 0.29) is 28.9 Å². The van der Waals surface area contributed by atoms with Crippen LogP contribution in [0.15, 0.2) is 35.5 Å². The number of aryl methyl sites for hydroxylation is 1. The van der Waals surface area contributed by atoms with Gasteiger partial charge in [0.1, 0.15) is 23.7 Å². The molecule has 0 atom stereocenters. The van der Waals surface area contributed by atoms with Gasteiger partial charge in [-0.05, 0) is 43.7 Å². The molecule has 9 heteroatoms. The highest BCUT2D eigenvalue weighted by Crippen LogP contribution is 2.31. The van der Waals surface area contributed by atoms with E-state index in [1.807, 2.05) is 28.8 Å². The quantitative estimate of drug-likeness (QED) is 0.678. The lowest BCUT2D eigenvalue weighted by molar-refractivity contribution is -0.121. The van der Waals surface area contributed by atoms with Crippen LogP contribution in [0, 0.1) is 23.2 Å². The van der Waals surface area contributed by atoms with Crippen molar-refractivity contribution in [2.45, 2.75) is 32.2 Å². The molecular formula is C22H24N6O3. The van der Waals surface area contributed by atoms with Gasteiger partial charge in [-0.1, -0.05) is 0 Å². The van der Waals surface area contributed by atoms with E-state index in [1.165, 1.54) is 12.5 Å². The van der Waals surface area contributed by atoms with Crippen molar-refractivity contribution in [1.29, 1.82) is 5.26 Å². The van der Waals surface area contributed by atoms with Gasteiger partial charge in [-0.25, -0.2) is 14.8 Å². The van der Waals surface area contributed by atoms with Crippen molar-refractivity contribution >= 4 is 22.8 Å². The fourth-order valence-electron chi connectivity index (χ4n) is 4.29. The number of anilines is 1. The molecule has 9 nitrogen and oxygen atoms in total.